The van der Waals surface area contributed by atoms with Gasteiger partial charge in [0.05, 0.1) is 0 Å². The average molecular weight is 153 g/mol. The number of rotatable bonds is 1. The van der Waals surface area contributed by atoms with Crippen LogP contribution in [0.1, 0.15) is 46.0 Å². The Morgan fingerprint density at radius 3 is 1.82 bits per heavy atom. The Morgan fingerprint density at radius 2 is 1.45 bits per heavy atom. The van der Waals surface area contributed by atoms with Crippen LogP contribution in [0.15, 0.2) is 0 Å². The molecular weight excluding hydrogens is 134 g/mol. The zero-order valence-corrected chi connectivity index (χ0v) is 7.71. The van der Waals surface area contributed by atoms with Crippen LogP contribution in [0.25, 0.3) is 0 Å². The van der Waals surface area contributed by atoms with Crippen molar-refractivity contribution in [3.05, 3.63) is 0 Å². The Labute approximate surface area is 69.8 Å². The van der Waals surface area contributed by atoms with Crippen molar-refractivity contribution in [1.82, 2.24) is 4.90 Å². The second-order valence-corrected chi connectivity index (χ2v) is 4.31. The van der Waals surface area contributed by atoms with Gasteiger partial charge in [0.15, 0.2) is 0 Å². The van der Waals surface area contributed by atoms with Crippen molar-refractivity contribution in [3.8, 4) is 0 Å². The Hall–Kier alpha value is -0.0400. The third-order valence-electron chi connectivity index (χ3n) is 3.52. The second kappa shape index (κ2) is 2.78. The highest BCUT2D eigenvalue weighted by molar-refractivity contribution is 4.91. The summed E-state index contributed by atoms with van der Waals surface area (Å²) in [6.07, 6.45) is 7.26. The predicted octanol–water partition coefficient (Wildman–Crippen LogP) is 2.41. The number of hydrogen-bond donors (Lipinski definition) is 0. The summed E-state index contributed by atoms with van der Waals surface area (Å²) in [5.74, 6) is 0. The molecular formula is C10H19N. The van der Waals surface area contributed by atoms with E-state index in [4.69, 9.17) is 0 Å². The smallest absolute Gasteiger partial charge is 0.0101 e. The molecule has 2 atom stereocenters. The number of nitrogens with zero attached hydrogens (tertiary/aromatic N) is 1. The van der Waals surface area contributed by atoms with E-state index in [9.17, 15) is 0 Å². The van der Waals surface area contributed by atoms with Gasteiger partial charge in [-0.05, 0) is 39.5 Å². The summed E-state index contributed by atoms with van der Waals surface area (Å²) in [6, 6.07) is 2.70. The number of hydrogen-bond acceptors (Lipinski definition) is 1. The van der Waals surface area contributed by atoms with Crippen LogP contribution >= 0.6 is 0 Å². The van der Waals surface area contributed by atoms with Crippen LogP contribution in [-0.4, -0.2) is 23.0 Å². The van der Waals surface area contributed by atoms with Crippen LogP contribution in [0, 0.1) is 0 Å². The molecule has 11 heavy (non-hydrogen) atoms. The Bertz CT molecular complexity index is 130. The standard InChI is InChI=1S/C10H19N/c1-8-6-7-9(2)11(8)10-4-3-5-10/h8-10H,3-7H2,1-2H3. The van der Waals surface area contributed by atoms with Gasteiger partial charge in [-0.25, -0.2) is 0 Å². The van der Waals surface area contributed by atoms with E-state index < -0.39 is 0 Å². The SMILES string of the molecule is CC1CCC(C)N1C1CCC1. The van der Waals surface area contributed by atoms with Crippen LogP contribution < -0.4 is 0 Å². The summed E-state index contributed by atoms with van der Waals surface area (Å²) >= 11 is 0. The quantitative estimate of drug-likeness (QED) is 0.559. The van der Waals surface area contributed by atoms with Crippen molar-refractivity contribution in [2.75, 3.05) is 0 Å². The van der Waals surface area contributed by atoms with Crippen molar-refractivity contribution in [2.45, 2.75) is 64.1 Å². The maximum atomic E-state index is 2.75. The maximum absolute atomic E-state index is 2.75. The third-order valence-corrected chi connectivity index (χ3v) is 3.52. The highest BCUT2D eigenvalue weighted by Crippen LogP contribution is 2.34. The zero-order valence-electron chi connectivity index (χ0n) is 7.71. The van der Waals surface area contributed by atoms with Gasteiger partial charge in [0, 0.05) is 18.1 Å². The van der Waals surface area contributed by atoms with Gasteiger partial charge < -0.3 is 0 Å². The van der Waals surface area contributed by atoms with Crippen molar-refractivity contribution in [2.24, 2.45) is 0 Å². The van der Waals surface area contributed by atoms with E-state index in [2.05, 4.69) is 18.7 Å². The van der Waals surface area contributed by atoms with Crippen LogP contribution in [0.5, 0.6) is 0 Å². The molecule has 0 bridgehead atoms. The molecule has 0 amide bonds. The van der Waals surface area contributed by atoms with E-state index in [0.29, 0.717) is 0 Å². The predicted molar refractivity (Wildman–Crippen MR) is 47.6 cm³/mol. The zero-order chi connectivity index (χ0) is 7.84. The Balaban J connectivity index is 1.98. The lowest BCUT2D eigenvalue weighted by atomic mass is 9.90. The molecule has 1 aliphatic carbocycles. The first-order valence-corrected chi connectivity index (χ1v) is 5.06. The molecule has 0 spiro atoms. The molecule has 0 aromatic heterocycles. The van der Waals surface area contributed by atoms with Gasteiger partial charge in [-0.1, -0.05) is 6.42 Å². The minimum Gasteiger partial charge on any atom is -0.295 e. The maximum Gasteiger partial charge on any atom is 0.0101 e. The van der Waals surface area contributed by atoms with Crippen molar-refractivity contribution in [3.63, 3.8) is 0 Å². The van der Waals surface area contributed by atoms with E-state index in [1.54, 1.807) is 0 Å². The van der Waals surface area contributed by atoms with Crippen LogP contribution in [-0.2, 0) is 0 Å². The lowest BCUT2D eigenvalue weighted by molar-refractivity contribution is 0.0874. The molecule has 1 nitrogen and oxygen atoms in total. The monoisotopic (exact) mass is 153 g/mol. The molecule has 0 radical (unpaired) electrons. The molecule has 2 aliphatic rings. The molecule has 64 valence electrons. The normalized spacial score (nSPS) is 40.9. The summed E-state index contributed by atoms with van der Waals surface area (Å²) in [4.78, 5) is 2.75. The molecule has 1 heterocycles. The molecule has 1 heteroatoms. The highest BCUT2D eigenvalue weighted by Gasteiger charge is 2.35. The van der Waals surface area contributed by atoms with E-state index in [-0.39, 0.29) is 0 Å². The van der Waals surface area contributed by atoms with E-state index in [0.717, 1.165) is 18.1 Å². The molecule has 2 unspecified atom stereocenters. The van der Waals surface area contributed by atoms with Gasteiger partial charge in [0.1, 0.15) is 0 Å². The highest BCUT2D eigenvalue weighted by atomic mass is 15.2. The molecule has 0 N–H and O–H groups in total. The fourth-order valence-corrected chi connectivity index (χ4v) is 2.62. The molecule has 2 rings (SSSR count). The first kappa shape index (κ1) is 7.60. The van der Waals surface area contributed by atoms with Gasteiger partial charge in [-0.15, -0.1) is 0 Å². The lowest BCUT2D eigenvalue weighted by Crippen LogP contribution is -2.45. The van der Waals surface area contributed by atoms with Crippen molar-refractivity contribution >= 4 is 0 Å². The summed E-state index contributed by atoms with van der Waals surface area (Å²) in [5, 5.41) is 0. The van der Waals surface area contributed by atoms with E-state index >= 15 is 0 Å². The summed E-state index contributed by atoms with van der Waals surface area (Å²) in [5.41, 5.74) is 0. The number of likely N-dealkylation sites (tertiary alicyclic amines) is 1. The average Bonchev–Trinajstić information content (AvgIpc) is 2.15. The fourth-order valence-electron chi connectivity index (χ4n) is 2.62. The van der Waals surface area contributed by atoms with Gasteiger partial charge in [-0.2, -0.15) is 0 Å². The molecule has 1 aliphatic heterocycles. The third kappa shape index (κ3) is 1.20. The minimum atomic E-state index is 0.871. The molecule has 1 saturated heterocycles. The molecule has 2 fully saturated rings. The summed E-state index contributed by atoms with van der Waals surface area (Å²) in [6.45, 7) is 4.78. The van der Waals surface area contributed by atoms with Crippen LogP contribution in [0.3, 0.4) is 0 Å². The molecule has 0 aromatic rings. The molecule has 1 saturated carbocycles. The minimum absolute atomic E-state index is 0.871. The first-order chi connectivity index (χ1) is 5.29. The summed E-state index contributed by atoms with van der Waals surface area (Å²) < 4.78 is 0. The first-order valence-electron chi connectivity index (χ1n) is 5.06. The van der Waals surface area contributed by atoms with E-state index in [1.165, 1.54) is 32.1 Å². The fraction of sp³-hybridized carbons (Fsp3) is 1.00. The van der Waals surface area contributed by atoms with Gasteiger partial charge in [0.2, 0.25) is 0 Å². The Kier molecular flexibility index (Phi) is 1.92. The van der Waals surface area contributed by atoms with Crippen molar-refractivity contribution < 1.29 is 0 Å². The van der Waals surface area contributed by atoms with Gasteiger partial charge >= 0.3 is 0 Å². The van der Waals surface area contributed by atoms with Crippen LogP contribution in [0.4, 0.5) is 0 Å². The second-order valence-electron chi connectivity index (χ2n) is 4.31. The van der Waals surface area contributed by atoms with Gasteiger partial charge in [0.25, 0.3) is 0 Å². The lowest BCUT2D eigenvalue weighted by Gasteiger charge is -2.40. The largest absolute Gasteiger partial charge is 0.295 e. The van der Waals surface area contributed by atoms with E-state index in [1.807, 2.05) is 0 Å². The Morgan fingerprint density at radius 1 is 0.909 bits per heavy atom. The van der Waals surface area contributed by atoms with Crippen LogP contribution in [0.2, 0.25) is 0 Å². The van der Waals surface area contributed by atoms with Crippen molar-refractivity contribution in [1.29, 1.82) is 0 Å². The summed E-state index contributed by atoms with van der Waals surface area (Å²) in [7, 11) is 0. The van der Waals surface area contributed by atoms with Gasteiger partial charge in [-0.3, -0.25) is 4.90 Å². The topological polar surface area (TPSA) is 3.24 Å². The molecule has 0 aromatic carbocycles.